The number of carbonyl (C=O) groups excluding carboxylic acids is 1. The maximum atomic E-state index is 12.9. The number of hydrogen-bond donors (Lipinski definition) is 1. The molecule has 1 amide bonds. The highest BCUT2D eigenvalue weighted by atomic mass is 79.9. The summed E-state index contributed by atoms with van der Waals surface area (Å²) in [7, 11) is 0. The van der Waals surface area contributed by atoms with E-state index in [1.54, 1.807) is 48.5 Å². The Hall–Kier alpha value is -3.76. The van der Waals surface area contributed by atoms with Crippen LogP contribution in [-0.2, 0) is 18.0 Å². The van der Waals surface area contributed by atoms with Gasteiger partial charge in [0.15, 0.2) is 0 Å². The first kappa shape index (κ1) is 27.3. The Morgan fingerprint density at radius 3 is 2.37 bits per heavy atom. The van der Waals surface area contributed by atoms with Gasteiger partial charge in [0.05, 0.1) is 0 Å². The van der Waals surface area contributed by atoms with Crippen molar-refractivity contribution >= 4 is 56.8 Å². The summed E-state index contributed by atoms with van der Waals surface area (Å²) < 4.78 is 12.5. The number of amides is 1. The van der Waals surface area contributed by atoms with Crippen molar-refractivity contribution in [2.45, 2.75) is 13.2 Å². The second-order valence-corrected chi connectivity index (χ2v) is 9.89. The quantitative estimate of drug-likeness (QED) is 0.153. The molecule has 4 aromatic carbocycles. The fourth-order valence-electron chi connectivity index (χ4n) is 3.42. The summed E-state index contributed by atoms with van der Waals surface area (Å²) in [5, 5.41) is 13.7. The monoisotopic (exact) mass is 606 g/mol. The van der Waals surface area contributed by atoms with E-state index in [0.29, 0.717) is 46.0 Å². The lowest BCUT2D eigenvalue weighted by Crippen LogP contribution is -2.13. The van der Waals surface area contributed by atoms with E-state index in [-0.39, 0.29) is 5.57 Å². The standard InChI is InChI=1S/C30H21BrCl2N2O3/c31-24-7-14-29(38-18-20-5-8-25(32)9-6-20)22(16-24)15-23(17-34)30(36)35-26-10-12-27(13-11-26)37-19-21-3-1-2-4-28(21)33/h1-16H,18-19H2,(H,35,36)/b23-15+. The molecule has 4 aromatic rings. The number of anilines is 1. The van der Waals surface area contributed by atoms with Crippen LogP contribution in [0.2, 0.25) is 10.0 Å². The van der Waals surface area contributed by atoms with Crippen LogP contribution in [0.5, 0.6) is 11.5 Å². The third-order valence-corrected chi connectivity index (χ3v) is 6.52. The van der Waals surface area contributed by atoms with Gasteiger partial charge in [-0.2, -0.15) is 5.26 Å². The number of carbonyl (C=O) groups is 1. The zero-order valence-corrected chi connectivity index (χ0v) is 23.1. The second-order valence-electron chi connectivity index (χ2n) is 8.13. The van der Waals surface area contributed by atoms with Crippen molar-refractivity contribution in [2.75, 3.05) is 5.32 Å². The van der Waals surface area contributed by atoms with Gasteiger partial charge in [-0.1, -0.05) is 69.5 Å². The van der Waals surface area contributed by atoms with Crippen LogP contribution in [0.15, 0.2) is 101 Å². The first-order valence-corrected chi connectivity index (χ1v) is 13.0. The molecule has 38 heavy (non-hydrogen) atoms. The molecule has 0 atom stereocenters. The Morgan fingerprint density at radius 2 is 1.66 bits per heavy atom. The van der Waals surface area contributed by atoms with Gasteiger partial charge in [-0.15, -0.1) is 0 Å². The van der Waals surface area contributed by atoms with Gasteiger partial charge >= 0.3 is 0 Å². The number of benzene rings is 4. The van der Waals surface area contributed by atoms with Gasteiger partial charge < -0.3 is 14.8 Å². The van der Waals surface area contributed by atoms with E-state index in [4.69, 9.17) is 32.7 Å². The molecule has 0 radical (unpaired) electrons. The predicted molar refractivity (Wildman–Crippen MR) is 154 cm³/mol. The van der Waals surface area contributed by atoms with Crippen LogP contribution in [0.25, 0.3) is 6.08 Å². The highest BCUT2D eigenvalue weighted by Gasteiger charge is 2.13. The minimum Gasteiger partial charge on any atom is -0.489 e. The van der Waals surface area contributed by atoms with E-state index in [9.17, 15) is 10.1 Å². The second kappa shape index (κ2) is 13.2. The molecule has 0 aliphatic heterocycles. The average Bonchev–Trinajstić information content (AvgIpc) is 2.92. The van der Waals surface area contributed by atoms with E-state index in [2.05, 4.69) is 21.2 Å². The van der Waals surface area contributed by atoms with Gasteiger partial charge in [-0.3, -0.25) is 4.79 Å². The highest BCUT2D eigenvalue weighted by Crippen LogP contribution is 2.27. The molecule has 0 fully saturated rings. The van der Waals surface area contributed by atoms with Crippen LogP contribution in [0.3, 0.4) is 0 Å². The van der Waals surface area contributed by atoms with Crippen LogP contribution in [-0.4, -0.2) is 5.91 Å². The average molecular weight is 608 g/mol. The molecule has 0 spiro atoms. The maximum absolute atomic E-state index is 12.9. The molecule has 8 heteroatoms. The molecule has 190 valence electrons. The smallest absolute Gasteiger partial charge is 0.266 e. The summed E-state index contributed by atoms with van der Waals surface area (Å²) in [6.07, 6.45) is 1.50. The molecule has 1 N–H and O–H groups in total. The van der Waals surface area contributed by atoms with Gasteiger partial charge in [-0.25, -0.2) is 0 Å². The zero-order chi connectivity index (χ0) is 26.9. The molecule has 0 aliphatic rings. The van der Waals surface area contributed by atoms with Gasteiger partial charge in [0.25, 0.3) is 5.91 Å². The normalized spacial score (nSPS) is 10.9. The summed E-state index contributed by atoms with van der Waals surface area (Å²) in [6.45, 7) is 0.625. The van der Waals surface area contributed by atoms with Crippen LogP contribution < -0.4 is 14.8 Å². The van der Waals surface area contributed by atoms with E-state index in [0.717, 1.165) is 15.6 Å². The molecule has 0 bridgehead atoms. The Balaban J connectivity index is 1.43. The molecular weight excluding hydrogens is 587 g/mol. The van der Waals surface area contributed by atoms with Gasteiger partial charge in [0.2, 0.25) is 0 Å². The molecule has 0 saturated carbocycles. The van der Waals surface area contributed by atoms with Gasteiger partial charge in [0, 0.05) is 31.3 Å². The van der Waals surface area contributed by atoms with Gasteiger partial charge in [-0.05, 0) is 72.3 Å². The number of halogens is 3. The van der Waals surface area contributed by atoms with E-state index in [1.165, 1.54) is 6.08 Å². The van der Waals surface area contributed by atoms with Crippen molar-refractivity contribution in [1.29, 1.82) is 5.26 Å². The molecule has 5 nitrogen and oxygen atoms in total. The molecular formula is C30H21BrCl2N2O3. The third kappa shape index (κ3) is 7.62. The Bertz CT molecular complexity index is 1500. The number of hydrogen-bond acceptors (Lipinski definition) is 4. The molecule has 0 unspecified atom stereocenters. The first-order valence-electron chi connectivity index (χ1n) is 11.5. The molecule has 0 aromatic heterocycles. The summed E-state index contributed by atoms with van der Waals surface area (Å²) in [5.74, 6) is 0.611. The Kier molecular flexibility index (Phi) is 9.45. The summed E-state index contributed by atoms with van der Waals surface area (Å²) in [4.78, 5) is 12.9. The van der Waals surface area contributed by atoms with E-state index in [1.807, 2.05) is 48.5 Å². The van der Waals surface area contributed by atoms with Crippen LogP contribution in [0.1, 0.15) is 16.7 Å². The lowest BCUT2D eigenvalue weighted by atomic mass is 10.1. The van der Waals surface area contributed by atoms with Crippen LogP contribution in [0.4, 0.5) is 5.69 Å². The number of nitriles is 1. The lowest BCUT2D eigenvalue weighted by molar-refractivity contribution is -0.112. The van der Waals surface area contributed by atoms with E-state index < -0.39 is 5.91 Å². The Morgan fingerprint density at radius 1 is 0.921 bits per heavy atom. The third-order valence-electron chi connectivity index (χ3n) is 5.41. The number of ether oxygens (including phenoxy) is 2. The number of nitrogens with one attached hydrogen (secondary N) is 1. The minimum atomic E-state index is -0.541. The largest absolute Gasteiger partial charge is 0.489 e. The maximum Gasteiger partial charge on any atom is 0.266 e. The molecule has 4 rings (SSSR count). The van der Waals surface area contributed by atoms with Crippen molar-refractivity contribution < 1.29 is 14.3 Å². The highest BCUT2D eigenvalue weighted by molar-refractivity contribution is 9.10. The summed E-state index contributed by atoms with van der Waals surface area (Å²) >= 11 is 15.6. The van der Waals surface area contributed by atoms with Crippen LogP contribution in [0, 0.1) is 11.3 Å². The first-order chi connectivity index (χ1) is 18.4. The fraction of sp³-hybridized carbons (Fsp3) is 0.0667. The van der Waals surface area contributed by atoms with E-state index >= 15 is 0 Å². The van der Waals surface area contributed by atoms with Crippen molar-refractivity contribution in [2.24, 2.45) is 0 Å². The number of nitrogens with zero attached hydrogens (tertiary/aromatic N) is 1. The van der Waals surface area contributed by atoms with Gasteiger partial charge in [0.1, 0.15) is 36.4 Å². The fourth-order valence-corrected chi connectivity index (χ4v) is 4.11. The lowest BCUT2D eigenvalue weighted by Gasteiger charge is -2.11. The van der Waals surface area contributed by atoms with Crippen molar-refractivity contribution in [3.8, 4) is 17.6 Å². The van der Waals surface area contributed by atoms with Crippen molar-refractivity contribution in [1.82, 2.24) is 0 Å². The van der Waals surface area contributed by atoms with Crippen LogP contribution >= 0.6 is 39.1 Å². The number of rotatable bonds is 9. The molecule has 0 aliphatic carbocycles. The molecule has 0 saturated heterocycles. The summed E-state index contributed by atoms with van der Waals surface area (Å²) in [6, 6.07) is 29.0. The SMILES string of the molecule is N#C/C(=C\c1cc(Br)ccc1OCc1ccc(Cl)cc1)C(=O)Nc1ccc(OCc2ccccc2Cl)cc1. The van der Waals surface area contributed by atoms with Crippen molar-refractivity contribution in [3.63, 3.8) is 0 Å². The predicted octanol–water partition coefficient (Wildman–Crippen LogP) is 8.46. The van der Waals surface area contributed by atoms with Crippen molar-refractivity contribution in [3.05, 3.63) is 128 Å². The minimum absolute atomic E-state index is 0.0708. The summed E-state index contributed by atoms with van der Waals surface area (Å²) in [5.41, 5.74) is 2.85. The topological polar surface area (TPSA) is 71.3 Å². The molecule has 0 heterocycles. The zero-order valence-electron chi connectivity index (χ0n) is 20.0. The Labute approximate surface area is 239 Å².